The second-order valence-electron chi connectivity index (χ2n) is 4.93. The van der Waals surface area contributed by atoms with E-state index in [0.29, 0.717) is 19.2 Å². The zero-order chi connectivity index (χ0) is 14.8. The van der Waals surface area contributed by atoms with Gasteiger partial charge >= 0.3 is 0 Å². The Morgan fingerprint density at radius 2 is 1.90 bits per heavy atom. The molecule has 1 unspecified atom stereocenters. The van der Waals surface area contributed by atoms with Gasteiger partial charge in [-0.05, 0) is 32.0 Å². The third-order valence-corrected chi connectivity index (χ3v) is 5.39. The lowest BCUT2D eigenvalue weighted by molar-refractivity contribution is 0.249. The van der Waals surface area contributed by atoms with E-state index >= 15 is 0 Å². The van der Waals surface area contributed by atoms with E-state index in [9.17, 15) is 17.2 Å². The van der Waals surface area contributed by atoms with Gasteiger partial charge < -0.3 is 5.32 Å². The quantitative estimate of drug-likeness (QED) is 0.921. The Bertz CT molecular complexity index is 555. The maximum atomic E-state index is 13.2. The molecule has 0 saturated carbocycles. The fraction of sp³-hybridized carbons (Fsp3) is 0.538. The van der Waals surface area contributed by atoms with Crippen molar-refractivity contribution in [1.29, 1.82) is 0 Å². The van der Waals surface area contributed by atoms with Crippen molar-refractivity contribution in [3.05, 3.63) is 29.8 Å². The lowest BCUT2D eigenvalue weighted by Crippen LogP contribution is -2.47. The van der Waals surface area contributed by atoms with Crippen LogP contribution in [-0.2, 0) is 10.0 Å². The van der Waals surface area contributed by atoms with Crippen LogP contribution in [0, 0.1) is 11.6 Å². The molecule has 1 atom stereocenters. The van der Waals surface area contributed by atoms with Crippen LogP contribution in [0.5, 0.6) is 0 Å². The van der Waals surface area contributed by atoms with E-state index in [0.717, 1.165) is 31.4 Å². The van der Waals surface area contributed by atoms with E-state index in [1.807, 2.05) is 0 Å². The number of nitrogens with zero attached hydrogens (tertiary/aromatic N) is 1. The maximum Gasteiger partial charge on any atom is 0.243 e. The van der Waals surface area contributed by atoms with E-state index in [1.165, 1.54) is 4.31 Å². The molecule has 0 aliphatic carbocycles. The molecule has 0 bridgehead atoms. The Morgan fingerprint density at radius 1 is 1.25 bits per heavy atom. The summed E-state index contributed by atoms with van der Waals surface area (Å²) in [5, 5.41) is 2.96. The summed E-state index contributed by atoms with van der Waals surface area (Å²) in [5.41, 5.74) is 0. The normalized spacial score (nSPS) is 21.1. The van der Waals surface area contributed by atoms with E-state index in [4.69, 9.17) is 0 Å². The molecule has 4 nitrogen and oxygen atoms in total. The minimum Gasteiger partial charge on any atom is -0.318 e. The van der Waals surface area contributed by atoms with Gasteiger partial charge in [0.1, 0.15) is 11.6 Å². The van der Waals surface area contributed by atoms with Crippen molar-refractivity contribution in [2.24, 2.45) is 0 Å². The summed E-state index contributed by atoms with van der Waals surface area (Å²) in [5.74, 6) is -1.77. The molecular weight excluding hydrogens is 286 g/mol. The number of rotatable bonds is 4. The summed E-state index contributed by atoms with van der Waals surface area (Å²) in [6.45, 7) is 0.907. The number of hydrogen-bond acceptors (Lipinski definition) is 3. The zero-order valence-electron chi connectivity index (χ0n) is 11.3. The molecule has 112 valence electrons. The molecule has 0 amide bonds. The fourth-order valence-corrected chi connectivity index (χ4v) is 4.28. The fourth-order valence-electron chi connectivity index (χ4n) is 2.54. The molecule has 0 radical (unpaired) electrons. The summed E-state index contributed by atoms with van der Waals surface area (Å²) in [6, 6.07) is 2.22. The minimum absolute atomic E-state index is 0.176. The summed E-state index contributed by atoms with van der Waals surface area (Å²) < 4.78 is 52.9. The molecule has 1 aromatic rings. The molecule has 1 N–H and O–H groups in total. The molecular formula is C13H18F2N2O2S. The monoisotopic (exact) mass is 304 g/mol. The van der Waals surface area contributed by atoms with Gasteiger partial charge in [0.05, 0.1) is 4.90 Å². The molecule has 0 aromatic heterocycles. The van der Waals surface area contributed by atoms with Gasteiger partial charge in [-0.15, -0.1) is 0 Å². The highest BCUT2D eigenvalue weighted by Gasteiger charge is 2.33. The molecule has 1 aromatic carbocycles. The highest BCUT2D eigenvalue weighted by molar-refractivity contribution is 7.89. The first-order valence-electron chi connectivity index (χ1n) is 6.57. The molecule has 1 fully saturated rings. The third-order valence-electron chi connectivity index (χ3n) is 3.46. The number of halogens is 2. The Kier molecular flexibility index (Phi) is 4.72. The molecule has 1 aliphatic heterocycles. The molecule has 0 spiro atoms. The second kappa shape index (κ2) is 6.15. The van der Waals surface area contributed by atoms with Gasteiger partial charge in [0.25, 0.3) is 0 Å². The summed E-state index contributed by atoms with van der Waals surface area (Å²) in [4.78, 5) is -0.321. The largest absolute Gasteiger partial charge is 0.318 e. The first-order valence-corrected chi connectivity index (χ1v) is 8.01. The van der Waals surface area contributed by atoms with E-state index in [-0.39, 0.29) is 10.9 Å². The summed E-state index contributed by atoms with van der Waals surface area (Å²) in [7, 11) is -2.11. The minimum atomic E-state index is -3.87. The summed E-state index contributed by atoms with van der Waals surface area (Å²) in [6.07, 6.45) is 2.46. The number of hydrogen-bond donors (Lipinski definition) is 1. The average Bonchev–Trinajstić information content (AvgIpc) is 2.38. The molecule has 2 rings (SSSR count). The van der Waals surface area contributed by atoms with Crippen LogP contribution in [0.2, 0.25) is 0 Å². The number of nitrogens with one attached hydrogen (secondary N) is 1. The van der Waals surface area contributed by atoms with Gasteiger partial charge in [-0.3, -0.25) is 0 Å². The van der Waals surface area contributed by atoms with Crippen LogP contribution in [0.3, 0.4) is 0 Å². The van der Waals surface area contributed by atoms with Crippen LogP contribution >= 0.6 is 0 Å². The topological polar surface area (TPSA) is 49.4 Å². The first-order chi connectivity index (χ1) is 9.45. The SMILES string of the molecule is CNCC1CCCCN1S(=O)(=O)c1cc(F)cc(F)c1. The first kappa shape index (κ1) is 15.3. The predicted molar refractivity (Wildman–Crippen MR) is 71.8 cm³/mol. The zero-order valence-corrected chi connectivity index (χ0v) is 12.1. The van der Waals surface area contributed by atoms with Gasteiger partial charge in [0.15, 0.2) is 0 Å². The number of piperidine rings is 1. The van der Waals surface area contributed by atoms with Crippen LogP contribution in [0.15, 0.2) is 23.1 Å². The number of likely N-dealkylation sites (N-methyl/N-ethyl adjacent to an activating group) is 1. The van der Waals surface area contributed by atoms with Crippen molar-refractivity contribution >= 4 is 10.0 Å². The third kappa shape index (κ3) is 3.16. The average molecular weight is 304 g/mol. The standard InChI is InChI=1S/C13H18F2N2O2S/c1-16-9-12-4-2-3-5-17(12)20(18,19)13-7-10(14)6-11(15)8-13/h6-8,12,16H,2-5,9H2,1H3. The van der Waals surface area contributed by atoms with Crippen molar-refractivity contribution in [3.63, 3.8) is 0 Å². The van der Waals surface area contributed by atoms with E-state index in [2.05, 4.69) is 5.32 Å². The van der Waals surface area contributed by atoms with Gasteiger partial charge in [-0.25, -0.2) is 17.2 Å². The molecule has 7 heteroatoms. The lowest BCUT2D eigenvalue weighted by Gasteiger charge is -2.34. The number of benzene rings is 1. The number of sulfonamides is 1. The van der Waals surface area contributed by atoms with Gasteiger partial charge in [-0.2, -0.15) is 4.31 Å². The molecule has 1 aliphatic rings. The van der Waals surface area contributed by atoms with Crippen molar-refractivity contribution < 1.29 is 17.2 Å². The summed E-state index contributed by atoms with van der Waals surface area (Å²) >= 11 is 0. The van der Waals surface area contributed by atoms with Crippen LogP contribution in [0.25, 0.3) is 0 Å². The Labute approximate surface area is 117 Å². The predicted octanol–water partition coefficient (Wildman–Crippen LogP) is 1.73. The van der Waals surface area contributed by atoms with Gasteiger partial charge in [0.2, 0.25) is 10.0 Å². The lowest BCUT2D eigenvalue weighted by atomic mass is 10.1. The molecule has 20 heavy (non-hydrogen) atoms. The maximum absolute atomic E-state index is 13.2. The van der Waals surface area contributed by atoms with Crippen molar-refractivity contribution in [2.75, 3.05) is 20.1 Å². The molecule has 1 heterocycles. The van der Waals surface area contributed by atoms with E-state index < -0.39 is 21.7 Å². The second-order valence-corrected chi connectivity index (χ2v) is 6.82. The smallest absolute Gasteiger partial charge is 0.243 e. The van der Waals surface area contributed by atoms with Crippen molar-refractivity contribution in [1.82, 2.24) is 9.62 Å². The van der Waals surface area contributed by atoms with Crippen LogP contribution in [-0.4, -0.2) is 38.9 Å². The highest BCUT2D eigenvalue weighted by atomic mass is 32.2. The van der Waals surface area contributed by atoms with Crippen molar-refractivity contribution in [2.45, 2.75) is 30.2 Å². The van der Waals surface area contributed by atoms with Gasteiger partial charge in [0, 0.05) is 25.2 Å². The highest BCUT2D eigenvalue weighted by Crippen LogP contribution is 2.26. The van der Waals surface area contributed by atoms with Crippen LogP contribution in [0.4, 0.5) is 8.78 Å². The molecule has 1 saturated heterocycles. The van der Waals surface area contributed by atoms with Crippen LogP contribution < -0.4 is 5.32 Å². The van der Waals surface area contributed by atoms with Crippen molar-refractivity contribution in [3.8, 4) is 0 Å². The van der Waals surface area contributed by atoms with E-state index in [1.54, 1.807) is 7.05 Å². The Balaban J connectivity index is 2.36. The Morgan fingerprint density at radius 3 is 2.50 bits per heavy atom. The van der Waals surface area contributed by atoms with Gasteiger partial charge in [-0.1, -0.05) is 6.42 Å². The van der Waals surface area contributed by atoms with Crippen LogP contribution in [0.1, 0.15) is 19.3 Å². The Hall–Kier alpha value is -1.05.